The number of pyridine rings is 1. The molecule has 0 saturated heterocycles. The van der Waals surface area contributed by atoms with Crippen LogP contribution in [0.15, 0.2) is 45.5 Å². The van der Waals surface area contributed by atoms with E-state index < -0.39 is 0 Å². The Morgan fingerprint density at radius 2 is 2.06 bits per heavy atom. The molecule has 1 atom stereocenters. The fourth-order valence-corrected chi connectivity index (χ4v) is 2.65. The molecule has 0 aliphatic heterocycles. The second-order valence-corrected chi connectivity index (χ2v) is 5.53. The van der Waals surface area contributed by atoms with Crippen LogP contribution in [0.1, 0.15) is 17.3 Å². The van der Waals surface area contributed by atoms with E-state index in [2.05, 4.69) is 42.2 Å². The first-order valence-corrected chi connectivity index (χ1v) is 6.94. The highest BCUT2D eigenvalue weighted by molar-refractivity contribution is 9.10. The van der Waals surface area contributed by atoms with Gasteiger partial charge in [-0.1, -0.05) is 15.9 Å². The van der Waals surface area contributed by atoms with Crippen LogP contribution in [0, 0.1) is 5.82 Å². The molecule has 0 saturated carbocycles. The van der Waals surface area contributed by atoms with Crippen LogP contribution in [0.25, 0.3) is 0 Å². The number of nitrogens with zero attached hydrogens (tertiary/aromatic N) is 1. The number of hydrogen-bond acceptors (Lipinski definition) is 2. The normalized spacial score (nSPS) is 12.4. The molecule has 1 aromatic carbocycles. The number of hydrogen-bond donors (Lipinski definition) is 1. The molecule has 18 heavy (non-hydrogen) atoms. The van der Waals surface area contributed by atoms with E-state index in [0.717, 1.165) is 14.6 Å². The van der Waals surface area contributed by atoms with Gasteiger partial charge in [0.25, 0.3) is 0 Å². The Morgan fingerprint density at radius 1 is 1.28 bits per heavy atom. The van der Waals surface area contributed by atoms with Crippen molar-refractivity contribution in [2.75, 3.05) is 7.05 Å². The highest BCUT2D eigenvalue weighted by Gasteiger charge is 2.19. The van der Waals surface area contributed by atoms with Gasteiger partial charge in [-0.15, -0.1) is 0 Å². The van der Waals surface area contributed by atoms with E-state index in [0.29, 0.717) is 5.56 Å². The first kappa shape index (κ1) is 13.6. The zero-order valence-electron chi connectivity index (χ0n) is 9.62. The largest absolute Gasteiger partial charge is 0.308 e. The highest BCUT2D eigenvalue weighted by atomic mass is 79.9. The molecular formula is C13H11Br2FN2. The summed E-state index contributed by atoms with van der Waals surface area (Å²) in [6.45, 7) is 0. The average Bonchev–Trinajstić information content (AvgIpc) is 2.36. The fourth-order valence-electron chi connectivity index (χ4n) is 1.79. The molecule has 0 aliphatic rings. The van der Waals surface area contributed by atoms with E-state index in [9.17, 15) is 4.39 Å². The molecule has 0 aliphatic carbocycles. The third-order valence-electron chi connectivity index (χ3n) is 2.62. The van der Waals surface area contributed by atoms with Crippen molar-refractivity contribution < 1.29 is 4.39 Å². The summed E-state index contributed by atoms with van der Waals surface area (Å²) in [5, 5.41) is 3.09. The Kier molecular flexibility index (Phi) is 4.48. The quantitative estimate of drug-likeness (QED) is 0.877. The van der Waals surface area contributed by atoms with Gasteiger partial charge in [0.2, 0.25) is 0 Å². The lowest BCUT2D eigenvalue weighted by molar-refractivity contribution is 0.569. The zero-order valence-corrected chi connectivity index (χ0v) is 12.8. The van der Waals surface area contributed by atoms with Gasteiger partial charge in [0.05, 0.1) is 11.7 Å². The lowest BCUT2D eigenvalue weighted by Crippen LogP contribution is -2.20. The van der Waals surface area contributed by atoms with Gasteiger partial charge in [0.1, 0.15) is 5.82 Å². The van der Waals surface area contributed by atoms with Crippen molar-refractivity contribution in [3.63, 3.8) is 0 Å². The maximum atomic E-state index is 13.9. The SMILES string of the molecule is CNC(c1cc(Br)ccc1F)c1ncccc1Br. The van der Waals surface area contributed by atoms with Crippen LogP contribution in [-0.2, 0) is 0 Å². The number of nitrogens with one attached hydrogen (secondary N) is 1. The standard InChI is InChI=1S/C13H11Br2FN2/c1-17-12(13-10(15)3-2-6-18-13)9-7-8(14)4-5-11(9)16/h2-7,12,17H,1H3. The van der Waals surface area contributed by atoms with Crippen LogP contribution >= 0.6 is 31.9 Å². The molecule has 2 rings (SSSR count). The van der Waals surface area contributed by atoms with Gasteiger partial charge in [-0.05, 0) is 53.3 Å². The van der Waals surface area contributed by atoms with Crippen LogP contribution < -0.4 is 5.32 Å². The van der Waals surface area contributed by atoms with Crippen LogP contribution in [0.4, 0.5) is 4.39 Å². The molecule has 1 aromatic heterocycles. The second kappa shape index (κ2) is 5.91. The Bertz CT molecular complexity index is 560. The Labute approximate surface area is 122 Å². The highest BCUT2D eigenvalue weighted by Crippen LogP contribution is 2.29. The first-order chi connectivity index (χ1) is 8.63. The molecule has 2 nitrogen and oxygen atoms in total. The van der Waals surface area contributed by atoms with Crippen molar-refractivity contribution in [3.05, 3.63) is 62.5 Å². The maximum absolute atomic E-state index is 13.9. The molecule has 5 heteroatoms. The summed E-state index contributed by atoms with van der Waals surface area (Å²) >= 11 is 6.80. The van der Waals surface area contributed by atoms with E-state index in [1.165, 1.54) is 6.07 Å². The van der Waals surface area contributed by atoms with Gasteiger partial charge in [-0.25, -0.2) is 4.39 Å². The van der Waals surface area contributed by atoms with Crippen molar-refractivity contribution in [2.45, 2.75) is 6.04 Å². The number of aromatic nitrogens is 1. The summed E-state index contributed by atoms with van der Waals surface area (Å²) in [6.07, 6.45) is 1.69. The molecule has 0 bridgehead atoms. The van der Waals surface area contributed by atoms with Crippen LogP contribution in [0.5, 0.6) is 0 Å². The fraction of sp³-hybridized carbons (Fsp3) is 0.154. The van der Waals surface area contributed by atoms with Crippen molar-refractivity contribution >= 4 is 31.9 Å². The molecule has 0 spiro atoms. The Balaban J connectivity index is 2.52. The summed E-state index contributed by atoms with van der Waals surface area (Å²) in [5.41, 5.74) is 1.32. The van der Waals surface area contributed by atoms with E-state index in [1.807, 2.05) is 12.1 Å². The smallest absolute Gasteiger partial charge is 0.128 e. The Hall–Kier alpha value is -0.780. The average molecular weight is 374 g/mol. The third-order valence-corrected chi connectivity index (χ3v) is 3.78. The van der Waals surface area contributed by atoms with E-state index >= 15 is 0 Å². The van der Waals surface area contributed by atoms with E-state index in [4.69, 9.17) is 0 Å². The molecule has 94 valence electrons. The van der Waals surface area contributed by atoms with Gasteiger partial charge < -0.3 is 5.32 Å². The number of halogens is 3. The monoisotopic (exact) mass is 372 g/mol. The second-order valence-electron chi connectivity index (χ2n) is 3.76. The Morgan fingerprint density at radius 3 is 2.72 bits per heavy atom. The van der Waals surface area contributed by atoms with Gasteiger partial charge in [-0.3, -0.25) is 4.98 Å². The molecule has 2 aromatic rings. The minimum absolute atomic E-state index is 0.255. The summed E-state index contributed by atoms with van der Waals surface area (Å²) in [4.78, 5) is 4.31. The lowest BCUT2D eigenvalue weighted by Gasteiger charge is -2.18. The van der Waals surface area contributed by atoms with Crippen molar-refractivity contribution in [2.24, 2.45) is 0 Å². The minimum Gasteiger partial charge on any atom is -0.308 e. The molecule has 0 fully saturated rings. The summed E-state index contributed by atoms with van der Waals surface area (Å²) < 4.78 is 15.6. The molecule has 1 unspecified atom stereocenters. The van der Waals surface area contributed by atoms with Gasteiger partial charge >= 0.3 is 0 Å². The number of rotatable bonds is 3. The molecule has 1 heterocycles. The number of benzene rings is 1. The van der Waals surface area contributed by atoms with Crippen LogP contribution in [0.3, 0.4) is 0 Å². The van der Waals surface area contributed by atoms with Crippen molar-refractivity contribution in [1.82, 2.24) is 10.3 Å². The predicted molar refractivity (Wildman–Crippen MR) is 76.9 cm³/mol. The topological polar surface area (TPSA) is 24.9 Å². The lowest BCUT2D eigenvalue weighted by atomic mass is 10.0. The molecule has 0 amide bonds. The summed E-state index contributed by atoms with van der Waals surface area (Å²) in [5.74, 6) is -0.255. The molecular weight excluding hydrogens is 363 g/mol. The van der Waals surface area contributed by atoms with Crippen molar-refractivity contribution in [3.8, 4) is 0 Å². The molecule has 1 N–H and O–H groups in total. The minimum atomic E-state index is -0.293. The maximum Gasteiger partial charge on any atom is 0.128 e. The van der Waals surface area contributed by atoms with Gasteiger partial charge in [0, 0.05) is 20.7 Å². The summed E-state index contributed by atoms with van der Waals surface area (Å²) in [7, 11) is 1.78. The van der Waals surface area contributed by atoms with E-state index in [-0.39, 0.29) is 11.9 Å². The third kappa shape index (κ3) is 2.79. The van der Waals surface area contributed by atoms with Gasteiger partial charge in [-0.2, -0.15) is 0 Å². The predicted octanol–water partition coefficient (Wildman–Crippen LogP) is 4.05. The molecule has 0 radical (unpaired) electrons. The van der Waals surface area contributed by atoms with Crippen molar-refractivity contribution in [1.29, 1.82) is 0 Å². The zero-order chi connectivity index (χ0) is 13.1. The van der Waals surface area contributed by atoms with E-state index in [1.54, 1.807) is 25.4 Å². The van der Waals surface area contributed by atoms with Gasteiger partial charge in [0.15, 0.2) is 0 Å². The summed E-state index contributed by atoms with van der Waals surface area (Å²) in [6, 6.07) is 8.32. The van der Waals surface area contributed by atoms with Crippen LogP contribution in [0.2, 0.25) is 0 Å². The first-order valence-electron chi connectivity index (χ1n) is 5.36. The van der Waals surface area contributed by atoms with Crippen LogP contribution in [-0.4, -0.2) is 12.0 Å².